The van der Waals surface area contributed by atoms with Crippen molar-refractivity contribution in [3.8, 4) is 0 Å². The Morgan fingerprint density at radius 1 is 0.957 bits per heavy atom. The van der Waals surface area contributed by atoms with E-state index in [9.17, 15) is 13.2 Å². The Hall–Kier alpha value is -0.860. The molecule has 8 heteroatoms. The molecule has 3 aliphatic rings. The Balaban J connectivity index is 1.44. The van der Waals surface area contributed by atoms with E-state index in [1.165, 1.54) is 29.8 Å². The molecule has 0 aromatic carbocycles. The van der Waals surface area contributed by atoms with Crippen molar-refractivity contribution in [2.75, 3.05) is 32.4 Å². The van der Waals surface area contributed by atoms with Crippen LogP contribution in [0.2, 0.25) is 0 Å². The lowest BCUT2D eigenvalue weighted by Gasteiger charge is -2.33. The number of carbonyl (C=O) groups is 1. The largest absolute Gasteiger partial charge is 0.335 e. The number of amides is 2. The zero-order valence-corrected chi connectivity index (χ0v) is 14.6. The average molecular weight is 344 g/mol. The third-order valence-electron chi connectivity index (χ3n) is 5.43. The van der Waals surface area contributed by atoms with Gasteiger partial charge in [-0.3, -0.25) is 4.90 Å². The fourth-order valence-electron chi connectivity index (χ4n) is 4.14. The number of rotatable bonds is 3. The predicted octanol–water partition coefficient (Wildman–Crippen LogP) is 0.336. The minimum atomic E-state index is -3.11. The van der Waals surface area contributed by atoms with E-state index in [-0.39, 0.29) is 18.1 Å². The van der Waals surface area contributed by atoms with Gasteiger partial charge in [0.25, 0.3) is 0 Å². The molecule has 7 nitrogen and oxygen atoms in total. The van der Waals surface area contributed by atoms with E-state index in [1.807, 2.05) is 0 Å². The molecule has 3 heterocycles. The molecule has 2 amide bonds. The van der Waals surface area contributed by atoms with Crippen molar-refractivity contribution in [2.24, 2.45) is 0 Å². The first kappa shape index (κ1) is 17.0. The van der Waals surface area contributed by atoms with Crippen LogP contribution in [0.5, 0.6) is 0 Å². The van der Waals surface area contributed by atoms with Gasteiger partial charge in [0.2, 0.25) is 10.0 Å². The summed E-state index contributed by atoms with van der Waals surface area (Å²) in [6.45, 7) is 3.23. The summed E-state index contributed by atoms with van der Waals surface area (Å²) in [5.41, 5.74) is 0. The van der Waals surface area contributed by atoms with Gasteiger partial charge in [0.1, 0.15) is 0 Å². The molecule has 3 saturated heterocycles. The van der Waals surface area contributed by atoms with E-state index in [2.05, 4.69) is 15.5 Å². The highest BCUT2D eigenvalue weighted by Crippen LogP contribution is 2.27. The fraction of sp³-hybridized carbons (Fsp3) is 0.933. The van der Waals surface area contributed by atoms with Gasteiger partial charge in [0.15, 0.2) is 0 Å². The van der Waals surface area contributed by atoms with Crippen LogP contribution in [0.4, 0.5) is 4.79 Å². The predicted molar refractivity (Wildman–Crippen MR) is 88.7 cm³/mol. The van der Waals surface area contributed by atoms with E-state index in [0.717, 1.165) is 19.5 Å². The number of fused-ring (bicyclic) bond motifs is 1. The summed E-state index contributed by atoms with van der Waals surface area (Å²) in [6, 6.07) is 0.727. The van der Waals surface area contributed by atoms with Crippen molar-refractivity contribution in [3.05, 3.63) is 0 Å². The van der Waals surface area contributed by atoms with Crippen LogP contribution in [0.1, 0.15) is 38.5 Å². The third kappa shape index (κ3) is 4.16. The van der Waals surface area contributed by atoms with Gasteiger partial charge in [0.05, 0.1) is 6.26 Å². The second-order valence-corrected chi connectivity index (χ2v) is 9.03. The first-order valence-electron chi connectivity index (χ1n) is 8.70. The van der Waals surface area contributed by atoms with Crippen molar-refractivity contribution < 1.29 is 13.2 Å². The summed E-state index contributed by atoms with van der Waals surface area (Å²) in [7, 11) is -3.11. The number of hydrogen-bond acceptors (Lipinski definition) is 4. The van der Waals surface area contributed by atoms with Crippen molar-refractivity contribution in [1.29, 1.82) is 0 Å². The fourth-order valence-corrected chi connectivity index (χ4v) is 5.02. The maximum Gasteiger partial charge on any atom is 0.315 e. The van der Waals surface area contributed by atoms with Gasteiger partial charge in [-0.1, -0.05) is 6.42 Å². The summed E-state index contributed by atoms with van der Waals surface area (Å²) in [4.78, 5) is 14.7. The topological polar surface area (TPSA) is 81.8 Å². The molecular weight excluding hydrogens is 316 g/mol. The van der Waals surface area contributed by atoms with E-state index >= 15 is 0 Å². The van der Waals surface area contributed by atoms with Crippen LogP contribution in [0.3, 0.4) is 0 Å². The molecule has 0 saturated carbocycles. The molecule has 2 atom stereocenters. The summed E-state index contributed by atoms with van der Waals surface area (Å²) >= 11 is 0. The molecule has 2 N–H and O–H groups in total. The quantitative estimate of drug-likeness (QED) is 0.773. The molecule has 0 spiro atoms. The van der Waals surface area contributed by atoms with Gasteiger partial charge in [-0.2, -0.15) is 0 Å². The summed E-state index contributed by atoms with van der Waals surface area (Å²) in [5, 5.41) is 6.17. The Labute approximate surface area is 138 Å². The Kier molecular flexibility index (Phi) is 5.13. The molecule has 0 aromatic rings. The maximum atomic E-state index is 12.2. The minimum Gasteiger partial charge on any atom is -0.335 e. The zero-order valence-electron chi connectivity index (χ0n) is 13.8. The molecule has 132 valence electrons. The minimum absolute atomic E-state index is 0.0665. The second kappa shape index (κ2) is 6.94. The molecule has 0 bridgehead atoms. The van der Waals surface area contributed by atoms with Crippen LogP contribution in [0, 0.1) is 0 Å². The van der Waals surface area contributed by atoms with Gasteiger partial charge in [0, 0.05) is 37.8 Å². The number of sulfonamides is 1. The number of urea groups is 1. The lowest BCUT2D eigenvalue weighted by atomic mass is 9.99. The maximum absolute atomic E-state index is 12.2. The van der Waals surface area contributed by atoms with Crippen LogP contribution >= 0.6 is 0 Å². The van der Waals surface area contributed by atoms with Gasteiger partial charge >= 0.3 is 6.03 Å². The molecule has 3 rings (SSSR count). The number of hydrogen-bond donors (Lipinski definition) is 2. The standard InChI is InChI=1S/C15H28N4O3S/c1-23(21,22)19-10-5-12(6-11-19)16-15(20)17-13-7-9-18-8-3-2-4-14(13)18/h12-14H,2-11H2,1H3,(H2,16,17,20)/t13-,14+/m1/s1. The molecule has 0 aromatic heterocycles. The first-order valence-corrected chi connectivity index (χ1v) is 10.5. The van der Waals surface area contributed by atoms with Gasteiger partial charge in [-0.25, -0.2) is 17.5 Å². The number of piperidine rings is 2. The van der Waals surface area contributed by atoms with E-state index < -0.39 is 10.0 Å². The molecule has 23 heavy (non-hydrogen) atoms. The third-order valence-corrected chi connectivity index (χ3v) is 6.73. The highest BCUT2D eigenvalue weighted by atomic mass is 32.2. The van der Waals surface area contributed by atoms with Crippen molar-refractivity contribution >= 4 is 16.1 Å². The smallest absolute Gasteiger partial charge is 0.315 e. The molecule has 0 aliphatic carbocycles. The van der Waals surface area contributed by atoms with E-state index in [4.69, 9.17) is 0 Å². The second-order valence-electron chi connectivity index (χ2n) is 7.05. The van der Waals surface area contributed by atoms with Crippen LogP contribution in [-0.4, -0.2) is 74.2 Å². The van der Waals surface area contributed by atoms with Crippen LogP contribution < -0.4 is 10.6 Å². The van der Waals surface area contributed by atoms with Crippen LogP contribution in [-0.2, 0) is 10.0 Å². The lowest BCUT2D eigenvalue weighted by molar-refractivity contribution is 0.177. The molecule has 3 fully saturated rings. The molecule has 3 aliphatic heterocycles. The lowest BCUT2D eigenvalue weighted by Crippen LogP contribution is -2.53. The summed E-state index contributed by atoms with van der Waals surface area (Å²) < 4.78 is 24.5. The Morgan fingerprint density at radius 3 is 2.39 bits per heavy atom. The number of nitrogens with zero attached hydrogens (tertiary/aromatic N) is 2. The molecule has 0 radical (unpaired) electrons. The normalized spacial score (nSPS) is 30.8. The highest BCUT2D eigenvalue weighted by molar-refractivity contribution is 7.88. The highest BCUT2D eigenvalue weighted by Gasteiger charge is 2.36. The van der Waals surface area contributed by atoms with Crippen molar-refractivity contribution in [2.45, 2.75) is 56.7 Å². The number of nitrogens with one attached hydrogen (secondary N) is 2. The van der Waals surface area contributed by atoms with E-state index in [1.54, 1.807) is 0 Å². The van der Waals surface area contributed by atoms with Crippen molar-refractivity contribution in [3.63, 3.8) is 0 Å². The van der Waals surface area contributed by atoms with E-state index in [0.29, 0.717) is 32.0 Å². The average Bonchev–Trinajstić information content (AvgIpc) is 2.90. The number of carbonyl (C=O) groups excluding carboxylic acids is 1. The Morgan fingerprint density at radius 2 is 1.70 bits per heavy atom. The van der Waals surface area contributed by atoms with Crippen molar-refractivity contribution in [1.82, 2.24) is 19.8 Å². The summed E-state index contributed by atoms with van der Waals surface area (Å²) in [5.74, 6) is 0. The molecular formula is C15H28N4O3S. The van der Waals surface area contributed by atoms with Gasteiger partial charge in [-0.15, -0.1) is 0 Å². The monoisotopic (exact) mass is 344 g/mol. The van der Waals surface area contributed by atoms with Gasteiger partial charge in [-0.05, 0) is 38.6 Å². The molecule has 0 unspecified atom stereocenters. The SMILES string of the molecule is CS(=O)(=O)N1CCC(NC(=O)N[C@@H]2CCN3CCCC[C@@H]23)CC1. The Bertz CT molecular complexity index is 531. The van der Waals surface area contributed by atoms with Crippen LogP contribution in [0.15, 0.2) is 0 Å². The van der Waals surface area contributed by atoms with Gasteiger partial charge < -0.3 is 10.6 Å². The zero-order chi connectivity index (χ0) is 16.4. The summed E-state index contributed by atoms with van der Waals surface area (Å²) in [6.07, 6.45) is 7.34. The van der Waals surface area contributed by atoms with Crippen LogP contribution in [0.25, 0.3) is 0 Å². The first-order chi connectivity index (χ1) is 10.9.